The molecule has 2 N–H and O–H groups in total. The van der Waals surface area contributed by atoms with Gasteiger partial charge in [0.15, 0.2) is 11.9 Å². The molecule has 2 fully saturated rings. The van der Waals surface area contributed by atoms with Crippen LogP contribution in [0.4, 0.5) is 5.69 Å². The Morgan fingerprint density at radius 2 is 1.70 bits per heavy atom. The predicted molar refractivity (Wildman–Crippen MR) is 173 cm³/mol. The van der Waals surface area contributed by atoms with Gasteiger partial charge in [0, 0.05) is 31.1 Å². The van der Waals surface area contributed by atoms with Gasteiger partial charge in [-0.25, -0.2) is 9.98 Å². The van der Waals surface area contributed by atoms with Crippen LogP contribution in [0.3, 0.4) is 0 Å². The van der Waals surface area contributed by atoms with Gasteiger partial charge in [0.1, 0.15) is 17.3 Å². The van der Waals surface area contributed by atoms with E-state index in [-0.39, 0.29) is 0 Å². The van der Waals surface area contributed by atoms with Crippen molar-refractivity contribution in [3.8, 4) is 11.5 Å². The Kier molecular flexibility index (Phi) is 9.67. The predicted octanol–water partition coefficient (Wildman–Crippen LogP) is 8.41. The maximum Gasteiger partial charge on any atom is 0.197 e. The number of aryl methyl sites for hydroxylation is 2. The average Bonchev–Trinajstić information content (AvgIpc) is 3.36. The molecule has 43 heavy (non-hydrogen) atoms. The Labute approximate surface area is 257 Å². The summed E-state index contributed by atoms with van der Waals surface area (Å²) in [7, 11) is 0. The van der Waals surface area contributed by atoms with Crippen LogP contribution in [0.2, 0.25) is 0 Å². The summed E-state index contributed by atoms with van der Waals surface area (Å²) in [5, 5.41) is 0. The summed E-state index contributed by atoms with van der Waals surface area (Å²) in [6, 6.07) is 17.2. The fourth-order valence-corrected chi connectivity index (χ4v) is 7.64. The average molecular weight is 584 g/mol. The number of benzene rings is 2. The van der Waals surface area contributed by atoms with E-state index in [1.165, 1.54) is 69.8 Å². The van der Waals surface area contributed by atoms with Crippen LogP contribution in [-0.4, -0.2) is 39.4 Å². The van der Waals surface area contributed by atoms with Gasteiger partial charge in [-0.2, -0.15) is 0 Å². The van der Waals surface area contributed by atoms with Gasteiger partial charge in [0.25, 0.3) is 0 Å². The number of para-hydroxylation sites is 1. The van der Waals surface area contributed by atoms with Crippen LogP contribution < -0.4 is 10.5 Å². The summed E-state index contributed by atoms with van der Waals surface area (Å²) < 4.78 is 12.2. The molecule has 3 aliphatic rings. The van der Waals surface area contributed by atoms with Crippen LogP contribution in [0.25, 0.3) is 0 Å². The van der Waals surface area contributed by atoms with Gasteiger partial charge in [0.05, 0.1) is 17.9 Å². The van der Waals surface area contributed by atoms with Gasteiger partial charge in [0.2, 0.25) is 0 Å². The standard InChI is InChI=1S/C36H49N5O2/c1-26-35(42-27(2)38-26)25-40(30-15-8-4-9-16-30)22-12-19-34(28-13-6-3-7-14-28)41-24-29-23-32(20-21-33(29)39-36(41)37)43-31-17-10-5-11-18-31/h5,10-11,17-18,20-21,23,28,30,34H,3-4,6-9,12-16,19,22,24-25H2,1-2H3,(H2,37,39)/t34-/m0/s1. The smallest absolute Gasteiger partial charge is 0.197 e. The van der Waals surface area contributed by atoms with Crippen molar-refractivity contribution in [1.82, 2.24) is 14.8 Å². The van der Waals surface area contributed by atoms with Crippen molar-refractivity contribution < 1.29 is 9.15 Å². The summed E-state index contributed by atoms with van der Waals surface area (Å²) in [5.41, 5.74) is 9.92. The number of guanidine groups is 1. The highest BCUT2D eigenvalue weighted by Crippen LogP contribution is 2.37. The Balaban J connectivity index is 1.18. The molecule has 2 saturated carbocycles. The Bertz CT molecular complexity index is 1360. The Hall–Kier alpha value is -3.32. The first-order valence-electron chi connectivity index (χ1n) is 16.7. The summed E-state index contributed by atoms with van der Waals surface area (Å²) in [5.74, 6) is 4.80. The van der Waals surface area contributed by atoms with E-state index in [9.17, 15) is 0 Å². The molecule has 1 aromatic heterocycles. The minimum Gasteiger partial charge on any atom is -0.457 e. The minimum atomic E-state index is 0.387. The molecule has 7 nitrogen and oxygen atoms in total. The maximum atomic E-state index is 6.75. The van der Waals surface area contributed by atoms with Crippen molar-refractivity contribution in [2.24, 2.45) is 16.6 Å². The second kappa shape index (κ2) is 14.0. The fourth-order valence-electron chi connectivity index (χ4n) is 7.64. The second-order valence-corrected chi connectivity index (χ2v) is 12.9. The molecule has 0 unspecified atom stereocenters. The number of fused-ring (bicyclic) bond motifs is 1. The molecule has 0 spiro atoms. The first kappa shape index (κ1) is 29.7. The van der Waals surface area contributed by atoms with Crippen molar-refractivity contribution in [3.63, 3.8) is 0 Å². The number of aromatic nitrogens is 1. The number of ether oxygens (including phenoxy) is 1. The quantitative estimate of drug-likeness (QED) is 0.244. The lowest BCUT2D eigenvalue weighted by Gasteiger charge is -2.42. The van der Waals surface area contributed by atoms with E-state index < -0.39 is 0 Å². The molecule has 230 valence electrons. The van der Waals surface area contributed by atoms with E-state index in [0.29, 0.717) is 24.0 Å². The lowest BCUT2D eigenvalue weighted by Crippen LogP contribution is -2.49. The molecular weight excluding hydrogens is 534 g/mol. The molecule has 0 saturated heterocycles. The lowest BCUT2D eigenvalue weighted by atomic mass is 9.81. The Morgan fingerprint density at radius 3 is 2.42 bits per heavy atom. The van der Waals surface area contributed by atoms with Gasteiger partial charge in [-0.3, -0.25) is 4.90 Å². The summed E-state index contributed by atoms with van der Waals surface area (Å²) in [6.07, 6.45) is 15.4. The molecular formula is C36H49N5O2. The summed E-state index contributed by atoms with van der Waals surface area (Å²) in [4.78, 5) is 14.6. The number of rotatable bonds is 11. The summed E-state index contributed by atoms with van der Waals surface area (Å²) in [6.45, 7) is 6.74. The third kappa shape index (κ3) is 7.43. The van der Waals surface area contributed by atoms with Crippen molar-refractivity contribution in [3.05, 3.63) is 71.4 Å². The number of hydrogen-bond acceptors (Lipinski definition) is 7. The lowest BCUT2D eigenvalue weighted by molar-refractivity contribution is 0.119. The van der Waals surface area contributed by atoms with Gasteiger partial charge in [-0.05, 0) is 88.2 Å². The number of aliphatic imine (C=N–C) groups is 1. The zero-order valence-corrected chi connectivity index (χ0v) is 26.1. The van der Waals surface area contributed by atoms with Gasteiger partial charge in [-0.1, -0.05) is 56.7 Å². The molecule has 2 aliphatic carbocycles. The monoisotopic (exact) mass is 583 g/mol. The molecule has 2 heterocycles. The minimum absolute atomic E-state index is 0.387. The van der Waals surface area contributed by atoms with Crippen LogP contribution in [0.1, 0.15) is 100.0 Å². The normalized spacial score (nSPS) is 18.9. The number of nitrogens with two attached hydrogens (primary N) is 1. The zero-order chi connectivity index (χ0) is 29.6. The summed E-state index contributed by atoms with van der Waals surface area (Å²) >= 11 is 0. The molecule has 0 bridgehead atoms. The first-order valence-corrected chi connectivity index (χ1v) is 16.7. The highest BCUT2D eigenvalue weighted by atomic mass is 16.5. The van der Waals surface area contributed by atoms with Crippen LogP contribution in [0.5, 0.6) is 11.5 Å². The van der Waals surface area contributed by atoms with Crippen LogP contribution in [0.15, 0.2) is 57.9 Å². The van der Waals surface area contributed by atoms with Crippen molar-refractivity contribution >= 4 is 11.6 Å². The van der Waals surface area contributed by atoms with Gasteiger partial charge < -0.3 is 19.8 Å². The number of hydrogen-bond donors (Lipinski definition) is 1. The second-order valence-electron chi connectivity index (χ2n) is 12.9. The zero-order valence-electron chi connectivity index (χ0n) is 26.1. The van der Waals surface area contributed by atoms with Crippen molar-refractivity contribution in [2.75, 3.05) is 6.54 Å². The van der Waals surface area contributed by atoms with E-state index in [1.807, 2.05) is 49.4 Å². The van der Waals surface area contributed by atoms with E-state index >= 15 is 0 Å². The highest BCUT2D eigenvalue weighted by molar-refractivity contribution is 5.84. The van der Waals surface area contributed by atoms with Crippen molar-refractivity contribution in [2.45, 2.75) is 116 Å². The van der Waals surface area contributed by atoms with Crippen LogP contribution >= 0.6 is 0 Å². The molecule has 7 heteroatoms. The van der Waals surface area contributed by atoms with Crippen LogP contribution in [-0.2, 0) is 13.1 Å². The highest BCUT2D eigenvalue weighted by Gasteiger charge is 2.33. The molecule has 0 amide bonds. The van der Waals surface area contributed by atoms with Gasteiger partial charge >= 0.3 is 0 Å². The third-order valence-corrected chi connectivity index (χ3v) is 9.88. The van der Waals surface area contributed by atoms with E-state index in [2.05, 4.69) is 27.8 Å². The fraction of sp³-hybridized carbons (Fsp3) is 0.556. The molecule has 0 radical (unpaired) electrons. The maximum absolute atomic E-state index is 6.75. The molecule has 3 aromatic rings. The first-order chi connectivity index (χ1) is 21.0. The van der Waals surface area contributed by atoms with Gasteiger partial charge in [-0.15, -0.1) is 0 Å². The molecule has 1 atom stereocenters. The van der Waals surface area contributed by atoms with E-state index in [4.69, 9.17) is 19.9 Å². The Morgan fingerprint density at radius 1 is 0.953 bits per heavy atom. The van der Waals surface area contributed by atoms with E-state index in [0.717, 1.165) is 67.0 Å². The van der Waals surface area contributed by atoms with E-state index in [1.54, 1.807) is 0 Å². The molecule has 6 rings (SSSR count). The molecule has 2 aromatic carbocycles. The topological polar surface area (TPSA) is 80.1 Å². The number of nitrogens with zero attached hydrogens (tertiary/aromatic N) is 4. The van der Waals surface area contributed by atoms with Crippen LogP contribution in [0, 0.1) is 19.8 Å². The largest absolute Gasteiger partial charge is 0.457 e. The van der Waals surface area contributed by atoms with Crippen molar-refractivity contribution in [1.29, 1.82) is 0 Å². The number of oxazole rings is 1. The SMILES string of the molecule is Cc1nc(C)c(CN(CCC[C@@H](C2CCCCC2)N2Cc3cc(Oc4ccccc4)ccc3N=C2N)C2CCCCC2)o1. The third-order valence-electron chi connectivity index (χ3n) is 9.88. The molecule has 1 aliphatic heterocycles.